The second-order valence-corrected chi connectivity index (χ2v) is 8.29. The van der Waals surface area contributed by atoms with Gasteiger partial charge in [-0.25, -0.2) is 4.98 Å². The minimum atomic E-state index is -0.258. The third-order valence-electron chi connectivity index (χ3n) is 4.84. The minimum Gasteiger partial charge on any atom is -0.379 e. The molecule has 0 aromatic carbocycles. The molecule has 1 fully saturated rings. The Morgan fingerprint density at radius 3 is 2.96 bits per heavy atom. The van der Waals surface area contributed by atoms with Gasteiger partial charge in [0.25, 0.3) is 5.91 Å². The number of hydrogen-bond donors (Lipinski definition) is 2. The Kier molecular flexibility index (Phi) is 5.88. The molecule has 0 spiro atoms. The largest absolute Gasteiger partial charge is 0.379 e. The third-order valence-corrected chi connectivity index (χ3v) is 6.31. The summed E-state index contributed by atoms with van der Waals surface area (Å²) in [5.74, 6) is -0.258. The number of anilines is 1. The van der Waals surface area contributed by atoms with Crippen molar-refractivity contribution in [2.75, 3.05) is 11.9 Å². The van der Waals surface area contributed by atoms with Gasteiger partial charge in [-0.1, -0.05) is 0 Å². The van der Waals surface area contributed by atoms with E-state index in [4.69, 9.17) is 4.74 Å². The maximum atomic E-state index is 12.6. The molecule has 1 aliphatic carbocycles. The molecule has 2 N–H and O–H groups in total. The van der Waals surface area contributed by atoms with Crippen molar-refractivity contribution in [2.24, 2.45) is 0 Å². The molecule has 0 atom stereocenters. The molecule has 1 amide bonds. The molecule has 1 aliphatic rings. The molecule has 0 radical (unpaired) electrons. The van der Waals surface area contributed by atoms with Crippen LogP contribution in [0.5, 0.6) is 0 Å². The number of ether oxygens (including phenoxy) is 1. The summed E-state index contributed by atoms with van der Waals surface area (Å²) < 4.78 is 8.29. The van der Waals surface area contributed by atoms with E-state index in [0.29, 0.717) is 28.1 Å². The summed E-state index contributed by atoms with van der Waals surface area (Å²) in [7, 11) is 0. The highest BCUT2D eigenvalue weighted by Crippen LogP contribution is 2.32. The zero-order valence-corrected chi connectivity index (χ0v) is 17.8. The second kappa shape index (κ2) is 8.54. The maximum Gasteiger partial charge on any atom is 0.275 e. The molecule has 0 saturated heterocycles. The highest BCUT2D eigenvalue weighted by molar-refractivity contribution is 9.10. The molecule has 4 rings (SSSR count). The molecule has 3 aromatic rings. The summed E-state index contributed by atoms with van der Waals surface area (Å²) in [5.41, 5.74) is 1.88. The van der Waals surface area contributed by atoms with Crippen molar-refractivity contribution in [3.63, 3.8) is 0 Å². The van der Waals surface area contributed by atoms with Crippen LogP contribution in [0.15, 0.2) is 28.6 Å². The van der Waals surface area contributed by atoms with E-state index in [1.54, 1.807) is 17.8 Å². The molecule has 0 bridgehead atoms. The van der Waals surface area contributed by atoms with Gasteiger partial charge in [0.2, 0.25) is 0 Å². The third kappa shape index (κ3) is 4.18. The molecule has 3 aromatic heterocycles. The summed E-state index contributed by atoms with van der Waals surface area (Å²) in [4.78, 5) is 17.0. The standard InChI is InChI=1S/C18H21BrN6O2S/c1-2-27-13-5-3-12(4-6-13)25-9-14(16(19)24-25)22-17(26)15-10-28-18(23-15)11-7-20-21-8-11/h7-10,12-13H,2-6H2,1H3,(H,20,21)(H,22,26)/t12-,13-. The second-order valence-electron chi connectivity index (χ2n) is 6.68. The summed E-state index contributed by atoms with van der Waals surface area (Å²) in [5, 5.41) is 16.6. The van der Waals surface area contributed by atoms with Gasteiger partial charge in [0.1, 0.15) is 10.7 Å². The number of rotatable bonds is 6. The fourth-order valence-corrected chi connectivity index (χ4v) is 4.58. The normalized spacial score (nSPS) is 19.6. The predicted octanol–water partition coefficient (Wildman–Crippen LogP) is 4.26. The van der Waals surface area contributed by atoms with Crippen molar-refractivity contribution >= 4 is 38.9 Å². The lowest BCUT2D eigenvalue weighted by Crippen LogP contribution is -2.24. The van der Waals surface area contributed by atoms with Crippen LogP contribution >= 0.6 is 27.3 Å². The Morgan fingerprint density at radius 2 is 2.25 bits per heavy atom. The Morgan fingerprint density at radius 1 is 1.43 bits per heavy atom. The van der Waals surface area contributed by atoms with Gasteiger partial charge < -0.3 is 10.1 Å². The van der Waals surface area contributed by atoms with Crippen LogP contribution in [0, 0.1) is 0 Å². The number of aromatic nitrogens is 5. The van der Waals surface area contributed by atoms with E-state index in [1.807, 2.05) is 17.8 Å². The SMILES string of the molecule is CCO[C@H]1CC[C@H](n2cc(NC(=O)c3csc(-c4cn[nH]c4)n3)c(Br)n2)CC1. The van der Waals surface area contributed by atoms with E-state index in [0.717, 1.165) is 42.9 Å². The molecule has 28 heavy (non-hydrogen) atoms. The number of thiazole rings is 1. The lowest BCUT2D eigenvalue weighted by molar-refractivity contribution is 0.0259. The van der Waals surface area contributed by atoms with Crippen molar-refractivity contribution in [3.8, 4) is 10.6 Å². The van der Waals surface area contributed by atoms with Crippen molar-refractivity contribution in [2.45, 2.75) is 44.8 Å². The smallest absolute Gasteiger partial charge is 0.275 e. The van der Waals surface area contributed by atoms with Gasteiger partial charge >= 0.3 is 0 Å². The van der Waals surface area contributed by atoms with Crippen LogP contribution in [0.2, 0.25) is 0 Å². The number of amides is 1. The average Bonchev–Trinajstić information content (AvgIpc) is 3.44. The van der Waals surface area contributed by atoms with Crippen LogP contribution in [-0.4, -0.2) is 43.6 Å². The van der Waals surface area contributed by atoms with E-state index in [9.17, 15) is 4.79 Å². The number of carbonyl (C=O) groups is 1. The summed E-state index contributed by atoms with van der Waals surface area (Å²) in [6.07, 6.45) is 9.78. The summed E-state index contributed by atoms with van der Waals surface area (Å²) in [6.45, 7) is 2.80. The number of aromatic amines is 1. The molecular weight excluding hydrogens is 444 g/mol. The molecule has 0 aliphatic heterocycles. The van der Waals surface area contributed by atoms with Crippen LogP contribution in [-0.2, 0) is 4.74 Å². The highest BCUT2D eigenvalue weighted by atomic mass is 79.9. The van der Waals surface area contributed by atoms with Gasteiger partial charge in [0.05, 0.1) is 30.2 Å². The van der Waals surface area contributed by atoms with Crippen molar-refractivity contribution in [3.05, 3.63) is 34.3 Å². The number of nitrogens with zero attached hydrogens (tertiary/aromatic N) is 4. The first-order valence-corrected chi connectivity index (χ1v) is 10.9. The van der Waals surface area contributed by atoms with Crippen LogP contribution in [0.4, 0.5) is 5.69 Å². The van der Waals surface area contributed by atoms with E-state index in [-0.39, 0.29) is 5.91 Å². The van der Waals surface area contributed by atoms with Gasteiger partial charge in [-0.3, -0.25) is 14.6 Å². The Hall–Kier alpha value is -2.04. The zero-order chi connectivity index (χ0) is 19.5. The highest BCUT2D eigenvalue weighted by Gasteiger charge is 2.24. The fraction of sp³-hybridized carbons (Fsp3) is 0.444. The van der Waals surface area contributed by atoms with Gasteiger partial charge in [0, 0.05) is 23.7 Å². The number of nitrogens with one attached hydrogen (secondary N) is 2. The number of carbonyl (C=O) groups excluding carboxylic acids is 1. The average molecular weight is 465 g/mol. The first-order chi connectivity index (χ1) is 13.6. The lowest BCUT2D eigenvalue weighted by atomic mass is 9.93. The van der Waals surface area contributed by atoms with Gasteiger partial charge in [-0.2, -0.15) is 10.2 Å². The van der Waals surface area contributed by atoms with Crippen LogP contribution in [0.25, 0.3) is 10.6 Å². The first-order valence-electron chi connectivity index (χ1n) is 9.26. The van der Waals surface area contributed by atoms with Crippen LogP contribution in [0.3, 0.4) is 0 Å². The molecule has 148 valence electrons. The number of halogens is 1. The Bertz CT molecular complexity index is 930. The van der Waals surface area contributed by atoms with Crippen molar-refractivity contribution in [1.29, 1.82) is 0 Å². The van der Waals surface area contributed by atoms with E-state index in [1.165, 1.54) is 11.3 Å². The topological polar surface area (TPSA) is 97.7 Å². The molecule has 8 nitrogen and oxygen atoms in total. The predicted molar refractivity (Wildman–Crippen MR) is 110 cm³/mol. The Labute approximate surface area is 174 Å². The maximum absolute atomic E-state index is 12.6. The monoisotopic (exact) mass is 464 g/mol. The summed E-state index contributed by atoms with van der Waals surface area (Å²) >= 11 is 4.86. The Balaban J connectivity index is 1.41. The molecule has 3 heterocycles. The van der Waals surface area contributed by atoms with Crippen molar-refractivity contribution in [1.82, 2.24) is 25.0 Å². The van der Waals surface area contributed by atoms with Gasteiger partial charge in [0.15, 0.2) is 4.60 Å². The van der Waals surface area contributed by atoms with Crippen LogP contribution in [0.1, 0.15) is 49.1 Å². The lowest BCUT2D eigenvalue weighted by Gasteiger charge is -2.28. The molecule has 0 unspecified atom stereocenters. The van der Waals surface area contributed by atoms with Gasteiger partial charge in [-0.05, 0) is 48.5 Å². The first kappa shape index (κ1) is 19.3. The quantitative estimate of drug-likeness (QED) is 0.567. The molecule has 10 heteroatoms. The molecule has 1 saturated carbocycles. The number of H-pyrrole nitrogens is 1. The van der Waals surface area contributed by atoms with E-state index in [2.05, 4.69) is 41.5 Å². The minimum absolute atomic E-state index is 0.258. The summed E-state index contributed by atoms with van der Waals surface area (Å²) in [6, 6.07) is 0.325. The fourth-order valence-electron chi connectivity index (χ4n) is 3.42. The van der Waals surface area contributed by atoms with Gasteiger partial charge in [-0.15, -0.1) is 11.3 Å². The van der Waals surface area contributed by atoms with E-state index >= 15 is 0 Å². The van der Waals surface area contributed by atoms with Crippen molar-refractivity contribution < 1.29 is 9.53 Å². The van der Waals surface area contributed by atoms with E-state index < -0.39 is 0 Å². The molecular formula is C18H21BrN6O2S. The number of hydrogen-bond acceptors (Lipinski definition) is 6. The zero-order valence-electron chi connectivity index (χ0n) is 15.4. The van der Waals surface area contributed by atoms with Crippen LogP contribution < -0.4 is 5.32 Å².